The van der Waals surface area contributed by atoms with Crippen molar-refractivity contribution < 1.29 is 9.15 Å². The second-order valence-corrected chi connectivity index (χ2v) is 6.22. The Kier molecular flexibility index (Phi) is 4.54. The first-order valence-electron chi connectivity index (χ1n) is 6.18. The Morgan fingerprint density at radius 3 is 2.62 bits per heavy atom. The maximum atomic E-state index is 5.69. The molecule has 0 fully saturated rings. The van der Waals surface area contributed by atoms with E-state index in [1.54, 1.807) is 0 Å². The summed E-state index contributed by atoms with van der Waals surface area (Å²) < 4.78 is 13.3. The highest BCUT2D eigenvalue weighted by molar-refractivity contribution is 14.1. The second kappa shape index (κ2) is 6.57. The van der Waals surface area contributed by atoms with Crippen LogP contribution in [-0.4, -0.2) is 10.2 Å². The number of halogens is 2. The zero-order valence-electron chi connectivity index (χ0n) is 10.8. The van der Waals surface area contributed by atoms with Gasteiger partial charge in [-0.3, -0.25) is 0 Å². The van der Waals surface area contributed by atoms with Crippen LogP contribution in [0, 0.1) is 3.57 Å². The number of para-hydroxylation sites is 1. The van der Waals surface area contributed by atoms with Crippen LogP contribution in [0.1, 0.15) is 5.89 Å². The van der Waals surface area contributed by atoms with Crippen molar-refractivity contribution in [2.24, 2.45) is 0 Å². The fourth-order valence-corrected chi connectivity index (χ4v) is 2.75. The van der Waals surface area contributed by atoms with E-state index < -0.39 is 0 Å². The molecule has 0 aliphatic carbocycles. The van der Waals surface area contributed by atoms with E-state index in [1.807, 2.05) is 48.5 Å². The molecule has 0 radical (unpaired) electrons. The third kappa shape index (κ3) is 3.44. The van der Waals surface area contributed by atoms with Gasteiger partial charge >= 0.3 is 0 Å². The van der Waals surface area contributed by atoms with Crippen LogP contribution in [-0.2, 0) is 6.61 Å². The summed E-state index contributed by atoms with van der Waals surface area (Å²) in [5, 5.41) is 8.07. The van der Waals surface area contributed by atoms with Crippen LogP contribution in [0.4, 0.5) is 0 Å². The Balaban J connectivity index is 1.74. The first-order valence-corrected chi connectivity index (χ1v) is 8.06. The minimum atomic E-state index is 0.247. The quantitative estimate of drug-likeness (QED) is 0.534. The average molecular weight is 457 g/mol. The Labute approximate surface area is 143 Å². The van der Waals surface area contributed by atoms with Crippen LogP contribution < -0.4 is 4.74 Å². The van der Waals surface area contributed by atoms with E-state index in [2.05, 4.69) is 48.7 Å². The minimum absolute atomic E-state index is 0.247. The van der Waals surface area contributed by atoms with Crippen molar-refractivity contribution in [3.63, 3.8) is 0 Å². The molecule has 2 aromatic carbocycles. The van der Waals surface area contributed by atoms with Gasteiger partial charge in [0.1, 0.15) is 5.75 Å². The number of ether oxygens (including phenoxy) is 1. The molecule has 0 atom stereocenters. The molecule has 0 aliphatic rings. The molecule has 0 saturated carbocycles. The Bertz CT molecular complexity index is 761. The maximum absolute atomic E-state index is 5.69. The molecule has 3 rings (SSSR count). The van der Waals surface area contributed by atoms with Gasteiger partial charge in [0.2, 0.25) is 5.89 Å². The van der Waals surface area contributed by atoms with Crippen LogP contribution in [0.2, 0.25) is 0 Å². The van der Waals surface area contributed by atoms with Crippen LogP contribution in [0.15, 0.2) is 57.4 Å². The molecule has 0 unspecified atom stereocenters. The lowest BCUT2D eigenvalue weighted by Crippen LogP contribution is -1.97. The average Bonchev–Trinajstić information content (AvgIpc) is 2.96. The van der Waals surface area contributed by atoms with Gasteiger partial charge in [0.25, 0.3) is 5.89 Å². The van der Waals surface area contributed by atoms with Gasteiger partial charge in [0, 0.05) is 4.47 Å². The van der Waals surface area contributed by atoms with E-state index in [-0.39, 0.29) is 6.61 Å². The number of hydrogen-bond acceptors (Lipinski definition) is 4. The predicted molar refractivity (Wildman–Crippen MR) is 90.9 cm³/mol. The molecule has 0 N–H and O–H groups in total. The number of rotatable bonds is 4. The summed E-state index contributed by atoms with van der Waals surface area (Å²) >= 11 is 5.69. The van der Waals surface area contributed by atoms with Crippen molar-refractivity contribution in [1.82, 2.24) is 10.2 Å². The summed E-state index contributed by atoms with van der Waals surface area (Å²) in [4.78, 5) is 0. The molecule has 106 valence electrons. The fourth-order valence-electron chi connectivity index (χ4n) is 1.76. The van der Waals surface area contributed by atoms with Crippen molar-refractivity contribution >= 4 is 38.5 Å². The molecule has 21 heavy (non-hydrogen) atoms. The molecule has 0 amide bonds. The van der Waals surface area contributed by atoms with E-state index in [4.69, 9.17) is 9.15 Å². The van der Waals surface area contributed by atoms with Crippen molar-refractivity contribution in [2.75, 3.05) is 0 Å². The monoisotopic (exact) mass is 456 g/mol. The Morgan fingerprint density at radius 2 is 1.81 bits per heavy atom. The number of nitrogens with zero attached hydrogens (tertiary/aromatic N) is 2. The molecule has 6 heteroatoms. The number of aromatic nitrogens is 2. The maximum Gasteiger partial charge on any atom is 0.254 e. The summed E-state index contributed by atoms with van der Waals surface area (Å²) in [6, 6.07) is 15.5. The highest BCUT2D eigenvalue weighted by Crippen LogP contribution is 2.27. The molecular weight excluding hydrogens is 447 g/mol. The highest BCUT2D eigenvalue weighted by Gasteiger charge is 2.12. The summed E-state index contributed by atoms with van der Waals surface area (Å²) in [5.41, 5.74) is 0.866. The first-order chi connectivity index (χ1) is 10.2. The number of hydrogen-bond donors (Lipinski definition) is 0. The van der Waals surface area contributed by atoms with E-state index in [9.17, 15) is 0 Å². The smallest absolute Gasteiger partial charge is 0.254 e. The lowest BCUT2D eigenvalue weighted by Gasteiger charge is -2.04. The normalized spacial score (nSPS) is 10.6. The fraction of sp³-hybridized carbons (Fsp3) is 0.0667. The van der Waals surface area contributed by atoms with E-state index in [0.29, 0.717) is 11.8 Å². The lowest BCUT2D eigenvalue weighted by atomic mass is 10.2. The predicted octanol–water partition coefficient (Wildman–Crippen LogP) is 4.68. The van der Waals surface area contributed by atoms with Crippen molar-refractivity contribution in [2.45, 2.75) is 6.61 Å². The van der Waals surface area contributed by atoms with Crippen molar-refractivity contribution in [3.05, 3.63) is 62.5 Å². The second-order valence-electron chi connectivity index (χ2n) is 4.20. The summed E-state index contributed by atoms with van der Waals surface area (Å²) in [7, 11) is 0. The zero-order chi connectivity index (χ0) is 14.7. The van der Waals surface area contributed by atoms with Gasteiger partial charge < -0.3 is 9.15 Å². The van der Waals surface area contributed by atoms with Gasteiger partial charge in [-0.05, 0) is 62.8 Å². The van der Waals surface area contributed by atoms with E-state index in [0.717, 1.165) is 19.4 Å². The molecule has 0 aliphatic heterocycles. The SMILES string of the molecule is Brc1ccccc1-c1nnc(COc2ccccc2I)o1. The summed E-state index contributed by atoms with van der Waals surface area (Å²) in [6.07, 6.45) is 0. The molecule has 3 aromatic rings. The molecule has 0 bridgehead atoms. The van der Waals surface area contributed by atoms with Gasteiger partial charge in [0.05, 0.1) is 9.13 Å². The van der Waals surface area contributed by atoms with E-state index in [1.165, 1.54) is 0 Å². The topological polar surface area (TPSA) is 48.2 Å². The number of benzene rings is 2. The molecule has 0 spiro atoms. The minimum Gasteiger partial charge on any atom is -0.483 e. The molecule has 0 saturated heterocycles. The lowest BCUT2D eigenvalue weighted by molar-refractivity contribution is 0.263. The van der Waals surface area contributed by atoms with Crippen LogP contribution in [0.25, 0.3) is 11.5 Å². The molecule has 1 aromatic heterocycles. The molecule has 1 heterocycles. The highest BCUT2D eigenvalue weighted by atomic mass is 127. The van der Waals surface area contributed by atoms with Gasteiger partial charge in [-0.15, -0.1) is 10.2 Å². The van der Waals surface area contributed by atoms with E-state index >= 15 is 0 Å². The van der Waals surface area contributed by atoms with Gasteiger partial charge in [0.15, 0.2) is 6.61 Å². The molecular formula is C15H10BrIN2O2. The third-order valence-electron chi connectivity index (χ3n) is 2.76. The third-order valence-corrected chi connectivity index (χ3v) is 4.34. The van der Waals surface area contributed by atoms with Crippen molar-refractivity contribution in [1.29, 1.82) is 0 Å². The van der Waals surface area contributed by atoms with Crippen LogP contribution >= 0.6 is 38.5 Å². The van der Waals surface area contributed by atoms with Gasteiger partial charge in [-0.2, -0.15) is 0 Å². The Morgan fingerprint density at radius 1 is 1.05 bits per heavy atom. The van der Waals surface area contributed by atoms with Gasteiger partial charge in [-0.1, -0.05) is 24.3 Å². The van der Waals surface area contributed by atoms with Crippen LogP contribution in [0.3, 0.4) is 0 Å². The van der Waals surface area contributed by atoms with Gasteiger partial charge in [-0.25, -0.2) is 0 Å². The standard InChI is InChI=1S/C15H10BrIN2O2/c16-11-6-2-1-5-10(11)15-19-18-14(21-15)9-20-13-8-4-3-7-12(13)17/h1-8H,9H2. The molecule has 4 nitrogen and oxygen atoms in total. The van der Waals surface area contributed by atoms with Crippen LogP contribution in [0.5, 0.6) is 5.75 Å². The first kappa shape index (κ1) is 14.5. The van der Waals surface area contributed by atoms with Crippen molar-refractivity contribution in [3.8, 4) is 17.2 Å². The summed E-state index contributed by atoms with van der Waals surface area (Å²) in [6.45, 7) is 0.247. The summed E-state index contributed by atoms with van der Waals surface area (Å²) in [5.74, 6) is 1.72. The largest absolute Gasteiger partial charge is 0.483 e. The zero-order valence-corrected chi connectivity index (χ0v) is 14.5. The Hall–Kier alpha value is -1.41.